The lowest BCUT2D eigenvalue weighted by Gasteiger charge is -2.25. The molecule has 0 aromatic rings. The molecule has 0 fully saturated rings. The fourth-order valence-electron chi connectivity index (χ4n) is 0.162. The molecular formula is C6H13ClO. The molecule has 0 amide bonds. The minimum Gasteiger partial charge on any atom is -0.377 e. The molecule has 1 nitrogen and oxygen atoms in total. The van der Waals surface area contributed by atoms with E-state index in [9.17, 15) is 0 Å². The molecule has 0 aromatic carbocycles. The van der Waals surface area contributed by atoms with Crippen molar-refractivity contribution in [2.24, 2.45) is 0 Å². The summed E-state index contributed by atoms with van der Waals surface area (Å²) in [5, 5.41) is 0.0625. The van der Waals surface area contributed by atoms with Gasteiger partial charge in [0.25, 0.3) is 0 Å². The Morgan fingerprint density at radius 1 is 1.50 bits per heavy atom. The zero-order valence-corrected chi connectivity index (χ0v) is 6.62. The van der Waals surface area contributed by atoms with Crippen LogP contribution in [0.3, 0.4) is 0 Å². The molecule has 0 N–H and O–H groups in total. The third-order valence-electron chi connectivity index (χ3n) is 1.48. The number of halogens is 1. The van der Waals surface area contributed by atoms with Crippen molar-refractivity contribution in [3.05, 3.63) is 0 Å². The maximum absolute atomic E-state index is 5.74. The highest BCUT2D eigenvalue weighted by molar-refractivity contribution is 6.21. The first-order valence-electron chi connectivity index (χ1n) is 2.70. The number of methoxy groups -OCH3 is 1. The summed E-state index contributed by atoms with van der Waals surface area (Å²) in [4.78, 5) is 0. The first-order valence-corrected chi connectivity index (χ1v) is 3.13. The van der Waals surface area contributed by atoms with Gasteiger partial charge in [-0.1, -0.05) is 0 Å². The zero-order valence-electron chi connectivity index (χ0n) is 5.86. The van der Waals surface area contributed by atoms with Crippen LogP contribution in [-0.4, -0.2) is 18.1 Å². The molecule has 0 aliphatic heterocycles. The van der Waals surface area contributed by atoms with Crippen LogP contribution < -0.4 is 0 Å². The third-order valence-corrected chi connectivity index (χ3v) is 2.01. The van der Waals surface area contributed by atoms with E-state index in [4.69, 9.17) is 16.3 Å². The molecule has 0 aliphatic rings. The fourth-order valence-corrected chi connectivity index (χ4v) is 0.251. The standard InChI is InChI=1S/C6H13ClO/c1-5(7)6(2,3)8-4/h5H,1-4H3. The van der Waals surface area contributed by atoms with Crippen LogP contribution in [0.4, 0.5) is 0 Å². The summed E-state index contributed by atoms with van der Waals surface area (Å²) >= 11 is 5.74. The van der Waals surface area contributed by atoms with Gasteiger partial charge >= 0.3 is 0 Å². The molecule has 8 heavy (non-hydrogen) atoms. The van der Waals surface area contributed by atoms with Gasteiger partial charge in [-0.3, -0.25) is 0 Å². The van der Waals surface area contributed by atoms with Crippen molar-refractivity contribution in [3.63, 3.8) is 0 Å². The minimum absolute atomic E-state index is 0.0625. The number of hydrogen-bond donors (Lipinski definition) is 0. The van der Waals surface area contributed by atoms with Crippen LogP contribution in [0.1, 0.15) is 20.8 Å². The topological polar surface area (TPSA) is 9.23 Å². The van der Waals surface area contributed by atoms with Gasteiger partial charge in [-0.15, -0.1) is 11.6 Å². The molecule has 0 saturated heterocycles. The Hall–Kier alpha value is 0.250. The lowest BCUT2D eigenvalue weighted by molar-refractivity contribution is 0.0229. The molecule has 0 bridgehead atoms. The van der Waals surface area contributed by atoms with Crippen LogP contribution >= 0.6 is 11.6 Å². The maximum atomic E-state index is 5.74. The molecule has 1 atom stereocenters. The molecule has 0 rings (SSSR count). The number of alkyl halides is 1. The van der Waals surface area contributed by atoms with Gasteiger partial charge in [0, 0.05) is 7.11 Å². The maximum Gasteiger partial charge on any atom is 0.0782 e. The monoisotopic (exact) mass is 136 g/mol. The summed E-state index contributed by atoms with van der Waals surface area (Å²) in [5.41, 5.74) is -0.193. The molecule has 2 heteroatoms. The summed E-state index contributed by atoms with van der Waals surface area (Å²) in [6.45, 7) is 5.85. The Bertz CT molecular complexity index is 68.9. The predicted molar refractivity (Wildman–Crippen MR) is 36.4 cm³/mol. The Morgan fingerprint density at radius 3 is 1.88 bits per heavy atom. The second-order valence-electron chi connectivity index (χ2n) is 2.42. The highest BCUT2D eigenvalue weighted by Gasteiger charge is 2.22. The Kier molecular flexibility index (Phi) is 2.78. The summed E-state index contributed by atoms with van der Waals surface area (Å²) < 4.78 is 5.07. The van der Waals surface area contributed by atoms with Crippen molar-refractivity contribution in [2.75, 3.05) is 7.11 Å². The van der Waals surface area contributed by atoms with Crippen molar-refractivity contribution < 1.29 is 4.74 Å². The predicted octanol–water partition coefficient (Wildman–Crippen LogP) is 2.04. The van der Waals surface area contributed by atoms with Gasteiger partial charge in [-0.05, 0) is 20.8 Å². The molecule has 0 aliphatic carbocycles. The van der Waals surface area contributed by atoms with E-state index >= 15 is 0 Å². The average molecular weight is 137 g/mol. The van der Waals surface area contributed by atoms with E-state index in [1.807, 2.05) is 20.8 Å². The molecule has 0 radical (unpaired) electrons. The van der Waals surface area contributed by atoms with Crippen molar-refractivity contribution in [3.8, 4) is 0 Å². The van der Waals surface area contributed by atoms with Gasteiger partial charge < -0.3 is 4.74 Å². The van der Waals surface area contributed by atoms with E-state index in [0.717, 1.165) is 0 Å². The van der Waals surface area contributed by atoms with Gasteiger partial charge in [-0.2, -0.15) is 0 Å². The van der Waals surface area contributed by atoms with E-state index in [0.29, 0.717) is 0 Å². The summed E-state index contributed by atoms with van der Waals surface area (Å²) in [6, 6.07) is 0. The second kappa shape index (κ2) is 2.70. The molecule has 0 heterocycles. The van der Waals surface area contributed by atoms with E-state index in [2.05, 4.69) is 0 Å². The first-order chi connectivity index (χ1) is 3.50. The van der Waals surface area contributed by atoms with E-state index in [-0.39, 0.29) is 11.0 Å². The Labute approximate surface area is 56.0 Å². The van der Waals surface area contributed by atoms with Gasteiger partial charge in [0.05, 0.1) is 11.0 Å². The molecule has 0 saturated carbocycles. The second-order valence-corrected chi connectivity index (χ2v) is 3.08. The van der Waals surface area contributed by atoms with Crippen LogP contribution in [0.2, 0.25) is 0 Å². The van der Waals surface area contributed by atoms with Crippen molar-refractivity contribution in [1.82, 2.24) is 0 Å². The lowest BCUT2D eigenvalue weighted by Crippen LogP contribution is -2.31. The molecule has 1 unspecified atom stereocenters. The smallest absolute Gasteiger partial charge is 0.0782 e. The Morgan fingerprint density at radius 2 is 1.88 bits per heavy atom. The number of hydrogen-bond acceptors (Lipinski definition) is 1. The van der Waals surface area contributed by atoms with E-state index in [1.165, 1.54) is 0 Å². The lowest BCUT2D eigenvalue weighted by atomic mass is 10.1. The number of ether oxygens (including phenoxy) is 1. The van der Waals surface area contributed by atoms with Crippen LogP contribution in [0.5, 0.6) is 0 Å². The summed E-state index contributed by atoms with van der Waals surface area (Å²) in [7, 11) is 1.67. The third kappa shape index (κ3) is 2.01. The van der Waals surface area contributed by atoms with Crippen LogP contribution in [0.15, 0.2) is 0 Å². The molecule has 0 aromatic heterocycles. The largest absolute Gasteiger partial charge is 0.377 e. The van der Waals surface area contributed by atoms with Crippen LogP contribution in [0.25, 0.3) is 0 Å². The summed E-state index contributed by atoms with van der Waals surface area (Å²) in [6.07, 6.45) is 0. The van der Waals surface area contributed by atoms with E-state index in [1.54, 1.807) is 7.11 Å². The van der Waals surface area contributed by atoms with Crippen molar-refractivity contribution in [2.45, 2.75) is 31.7 Å². The van der Waals surface area contributed by atoms with Crippen LogP contribution in [-0.2, 0) is 4.74 Å². The van der Waals surface area contributed by atoms with Gasteiger partial charge in [0.1, 0.15) is 0 Å². The highest BCUT2D eigenvalue weighted by atomic mass is 35.5. The van der Waals surface area contributed by atoms with Gasteiger partial charge in [0.2, 0.25) is 0 Å². The summed E-state index contributed by atoms with van der Waals surface area (Å²) in [5.74, 6) is 0. The van der Waals surface area contributed by atoms with Gasteiger partial charge in [-0.25, -0.2) is 0 Å². The zero-order chi connectivity index (χ0) is 6.78. The normalized spacial score (nSPS) is 16.1. The average Bonchev–Trinajstić information content (AvgIpc) is 1.67. The minimum atomic E-state index is -0.193. The SMILES string of the molecule is COC(C)(C)C(C)Cl. The van der Waals surface area contributed by atoms with E-state index < -0.39 is 0 Å². The number of rotatable bonds is 2. The fraction of sp³-hybridized carbons (Fsp3) is 1.00. The quantitative estimate of drug-likeness (QED) is 0.528. The molecule has 50 valence electrons. The van der Waals surface area contributed by atoms with Crippen molar-refractivity contribution in [1.29, 1.82) is 0 Å². The first kappa shape index (κ1) is 8.25. The molecular weight excluding hydrogens is 124 g/mol. The van der Waals surface area contributed by atoms with Gasteiger partial charge in [0.15, 0.2) is 0 Å². The van der Waals surface area contributed by atoms with Crippen molar-refractivity contribution >= 4 is 11.6 Å². The van der Waals surface area contributed by atoms with Crippen LogP contribution in [0, 0.1) is 0 Å². The highest BCUT2D eigenvalue weighted by Crippen LogP contribution is 2.17. The molecule has 0 spiro atoms. The Balaban J connectivity index is 3.71.